The van der Waals surface area contributed by atoms with Crippen molar-refractivity contribution in [3.63, 3.8) is 0 Å². The number of carbonyl (C=O) groups is 1. The molecule has 0 spiro atoms. The minimum atomic E-state index is -0.133. The van der Waals surface area contributed by atoms with Gasteiger partial charge in [-0.1, -0.05) is 83.7 Å². The summed E-state index contributed by atoms with van der Waals surface area (Å²) in [5, 5.41) is 0. The lowest BCUT2D eigenvalue weighted by Crippen LogP contribution is -2.59. The molecule has 0 amide bonds. The molecule has 0 bridgehead atoms. The van der Waals surface area contributed by atoms with E-state index in [9.17, 15) is 4.79 Å². The summed E-state index contributed by atoms with van der Waals surface area (Å²) in [4.78, 5) is 14.6. The second-order valence-electron chi connectivity index (χ2n) is 15.0. The van der Waals surface area contributed by atoms with E-state index < -0.39 is 0 Å². The fourth-order valence-corrected chi connectivity index (χ4v) is 10.5. The minimum Gasteiger partial charge on any atom is -0.462 e. The number of carbonyl (C=O) groups excluding carboxylic acids is 1. The van der Waals surface area contributed by atoms with Crippen molar-refractivity contribution in [1.29, 1.82) is 0 Å². The van der Waals surface area contributed by atoms with E-state index >= 15 is 0 Å². The maximum atomic E-state index is 11.9. The van der Waals surface area contributed by atoms with Crippen LogP contribution in [0.1, 0.15) is 113 Å². The van der Waals surface area contributed by atoms with Gasteiger partial charge in [0.15, 0.2) is 0 Å². The predicted octanol–water partition coefficient (Wildman–Crippen LogP) is 9.46. The smallest absolute Gasteiger partial charge is 0.302 e. The molecule has 3 fully saturated rings. The Morgan fingerprint density at radius 3 is 2.42 bits per heavy atom. The van der Waals surface area contributed by atoms with Gasteiger partial charge in [0.2, 0.25) is 0 Å². The average Bonchev–Trinajstić information content (AvgIpc) is 3.27. The Balaban J connectivity index is 1.50. The summed E-state index contributed by atoms with van der Waals surface area (Å²) in [6.07, 6.45) is 15.5. The molecule has 1 aromatic carbocycles. The van der Waals surface area contributed by atoms with Gasteiger partial charge in [0.05, 0.1) is 6.04 Å². The van der Waals surface area contributed by atoms with Crippen molar-refractivity contribution < 1.29 is 9.53 Å². The highest BCUT2D eigenvalue weighted by molar-refractivity contribution is 5.66. The normalized spacial score (nSPS) is 37.6. The van der Waals surface area contributed by atoms with Gasteiger partial charge in [-0.05, 0) is 104 Å². The highest BCUT2D eigenvalue weighted by Gasteiger charge is 2.62. The standard InChI is InChI=1S/C37H57NO2/c1-8-38(29-15-10-9-11-16-29)34-24-28-23-30(40-27(5)39)19-21-36(28,6)33-20-22-37(7)31(17-18-32(37)35(33)34)26(4)14-12-13-25(2)3/h9-11,15-16,24-26,30-35H,8,12-14,17-23H2,1-7H3. The number of esters is 1. The van der Waals surface area contributed by atoms with E-state index in [0.717, 1.165) is 49.5 Å². The van der Waals surface area contributed by atoms with Crippen LogP contribution < -0.4 is 4.90 Å². The summed E-state index contributed by atoms with van der Waals surface area (Å²) in [7, 11) is 0. The second kappa shape index (κ2) is 11.8. The zero-order valence-corrected chi connectivity index (χ0v) is 26.6. The first kappa shape index (κ1) is 29.7. The van der Waals surface area contributed by atoms with E-state index in [1.807, 2.05) is 0 Å². The summed E-state index contributed by atoms with van der Waals surface area (Å²) < 4.78 is 5.81. The quantitative estimate of drug-likeness (QED) is 0.228. The SMILES string of the molecule is CCN(c1ccccc1)C1C=C2CC(OC(C)=O)CCC2(C)C2CCC3(C)C(C(C)CCCC(C)C)CCC3C12. The monoisotopic (exact) mass is 547 g/mol. The Bertz CT molecular complexity index is 1050. The highest BCUT2D eigenvalue weighted by Crippen LogP contribution is 2.68. The first-order valence-corrected chi connectivity index (χ1v) is 16.8. The maximum Gasteiger partial charge on any atom is 0.302 e. The molecule has 0 N–H and O–H groups in total. The lowest BCUT2D eigenvalue weighted by atomic mass is 9.45. The summed E-state index contributed by atoms with van der Waals surface area (Å²) in [6, 6.07) is 11.6. The molecular formula is C37H57NO2. The molecule has 0 heterocycles. The molecule has 0 aliphatic heterocycles. The van der Waals surface area contributed by atoms with Crippen molar-refractivity contribution >= 4 is 11.7 Å². The van der Waals surface area contributed by atoms with Gasteiger partial charge in [-0.3, -0.25) is 4.79 Å². The number of hydrogen-bond donors (Lipinski definition) is 0. The number of hydrogen-bond acceptors (Lipinski definition) is 3. The van der Waals surface area contributed by atoms with Gasteiger partial charge >= 0.3 is 5.97 Å². The largest absolute Gasteiger partial charge is 0.462 e. The van der Waals surface area contributed by atoms with Gasteiger partial charge in [0.1, 0.15) is 6.10 Å². The highest BCUT2D eigenvalue weighted by atomic mass is 16.5. The zero-order chi connectivity index (χ0) is 28.7. The van der Waals surface area contributed by atoms with Gasteiger partial charge in [0.25, 0.3) is 0 Å². The fourth-order valence-electron chi connectivity index (χ4n) is 10.5. The number of likely N-dealkylation sites (N-methyl/N-ethyl adjacent to an activating group) is 1. The summed E-state index contributed by atoms with van der Waals surface area (Å²) in [6.45, 7) is 17.5. The molecule has 5 rings (SSSR count). The topological polar surface area (TPSA) is 29.5 Å². The van der Waals surface area contributed by atoms with Crippen molar-refractivity contribution in [2.75, 3.05) is 11.4 Å². The summed E-state index contributed by atoms with van der Waals surface area (Å²) in [5.74, 6) is 4.54. The first-order chi connectivity index (χ1) is 19.1. The molecule has 4 aliphatic rings. The number of anilines is 1. The Morgan fingerprint density at radius 2 is 1.75 bits per heavy atom. The molecule has 0 saturated heterocycles. The van der Waals surface area contributed by atoms with E-state index in [4.69, 9.17) is 4.74 Å². The second-order valence-corrected chi connectivity index (χ2v) is 15.0. The molecule has 40 heavy (non-hydrogen) atoms. The Hall–Kier alpha value is -1.77. The Kier molecular flexibility index (Phi) is 8.80. The van der Waals surface area contributed by atoms with Crippen molar-refractivity contribution in [3.8, 4) is 0 Å². The third-order valence-electron chi connectivity index (χ3n) is 12.4. The van der Waals surface area contributed by atoms with Crippen LogP contribution in [0.15, 0.2) is 42.0 Å². The first-order valence-electron chi connectivity index (χ1n) is 16.8. The van der Waals surface area contributed by atoms with E-state index in [1.165, 1.54) is 50.6 Å². The lowest BCUT2D eigenvalue weighted by molar-refractivity contribution is -0.148. The molecule has 1 aromatic rings. The molecule has 3 saturated carbocycles. The number of fused-ring (bicyclic) bond motifs is 5. The number of rotatable bonds is 9. The molecular weight excluding hydrogens is 490 g/mol. The molecule has 3 heteroatoms. The van der Waals surface area contributed by atoms with Gasteiger partial charge in [-0.15, -0.1) is 0 Å². The van der Waals surface area contributed by atoms with Gasteiger partial charge in [-0.25, -0.2) is 0 Å². The van der Waals surface area contributed by atoms with Gasteiger partial charge in [-0.2, -0.15) is 0 Å². The third kappa shape index (κ3) is 5.40. The van der Waals surface area contributed by atoms with Crippen LogP contribution in [0.3, 0.4) is 0 Å². The zero-order valence-electron chi connectivity index (χ0n) is 26.6. The number of para-hydroxylation sites is 1. The average molecular weight is 548 g/mol. The van der Waals surface area contributed by atoms with Crippen molar-refractivity contribution in [2.24, 2.45) is 46.3 Å². The molecule has 222 valence electrons. The van der Waals surface area contributed by atoms with Crippen LogP contribution >= 0.6 is 0 Å². The van der Waals surface area contributed by atoms with Crippen LogP contribution in [0.2, 0.25) is 0 Å². The van der Waals surface area contributed by atoms with Gasteiger partial charge < -0.3 is 9.64 Å². The van der Waals surface area contributed by atoms with Crippen LogP contribution in [0.5, 0.6) is 0 Å². The van der Waals surface area contributed by atoms with Crippen LogP contribution in [0.25, 0.3) is 0 Å². The molecule has 4 aliphatic carbocycles. The van der Waals surface area contributed by atoms with Crippen LogP contribution in [-0.2, 0) is 9.53 Å². The predicted molar refractivity (Wildman–Crippen MR) is 167 cm³/mol. The number of nitrogens with zero attached hydrogens (tertiary/aromatic N) is 1. The fraction of sp³-hybridized carbons (Fsp3) is 0.757. The van der Waals surface area contributed by atoms with Crippen LogP contribution in [0.4, 0.5) is 5.69 Å². The minimum absolute atomic E-state index is 0.0391. The molecule has 9 atom stereocenters. The molecule has 9 unspecified atom stereocenters. The molecule has 0 aromatic heterocycles. The van der Waals surface area contributed by atoms with E-state index in [2.05, 4.69) is 82.9 Å². The summed E-state index contributed by atoms with van der Waals surface area (Å²) >= 11 is 0. The van der Waals surface area contributed by atoms with Crippen molar-refractivity contribution in [3.05, 3.63) is 42.0 Å². The van der Waals surface area contributed by atoms with E-state index in [-0.39, 0.29) is 17.5 Å². The number of benzene rings is 1. The molecule has 3 nitrogen and oxygen atoms in total. The maximum absolute atomic E-state index is 11.9. The van der Waals surface area contributed by atoms with E-state index in [1.54, 1.807) is 12.5 Å². The third-order valence-corrected chi connectivity index (χ3v) is 12.4. The van der Waals surface area contributed by atoms with Crippen molar-refractivity contribution in [2.45, 2.75) is 125 Å². The lowest BCUT2D eigenvalue weighted by Gasteiger charge is -2.61. The van der Waals surface area contributed by atoms with Crippen molar-refractivity contribution in [1.82, 2.24) is 0 Å². The van der Waals surface area contributed by atoms with Crippen LogP contribution in [0, 0.1) is 46.3 Å². The van der Waals surface area contributed by atoms with Crippen LogP contribution in [-0.4, -0.2) is 24.7 Å². The van der Waals surface area contributed by atoms with E-state index in [0.29, 0.717) is 23.3 Å². The Labute approximate surface area is 245 Å². The Morgan fingerprint density at radius 1 is 1.00 bits per heavy atom. The number of ether oxygens (including phenoxy) is 1. The summed E-state index contributed by atoms with van der Waals surface area (Å²) in [5.41, 5.74) is 3.61. The van der Waals surface area contributed by atoms with Gasteiger partial charge in [0, 0.05) is 25.6 Å². The molecule has 0 radical (unpaired) electrons.